The van der Waals surface area contributed by atoms with Gasteiger partial charge in [0.2, 0.25) is 0 Å². The van der Waals surface area contributed by atoms with E-state index in [2.05, 4.69) is 32.8 Å². The molecule has 0 atom stereocenters. The van der Waals surface area contributed by atoms with Gasteiger partial charge < -0.3 is 14.5 Å². The van der Waals surface area contributed by atoms with Crippen LogP contribution in [0.2, 0.25) is 0 Å². The number of nitrogens with zero attached hydrogens (tertiary/aromatic N) is 4. The highest BCUT2D eigenvalue weighted by Crippen LogP contribution is 2.25. The van der Waals surface area contributed by atoms with Crippen molar-refractivity contribution in [3.63, 3.8) is 0 Å². The maximum atomic E-state index is 13.3. The van der Waals surface area contributed by atoms with Crippen molar-refractivity contribution in [3.05, 3.63) is 17.0 Å². The number of fused-ring (bicyclic) bond motifs is 1. The zero-order chi connectivity index (χ0) is 21.2. The molecule has 0 fully saturated rings. The predicted molar refractivity (Wildman–Crippen MR) is 109 cm³/mol. The normalized spacial score (nSPS) is 14.4. The van der Waals surface area contributed by atoms with Gasteiger partial charge in [-0.05, 0) is 32.6 Å². The van der Waals surface area contributed by atoms with E-state index >= 15 is 0 Å². The molecule has 0 spiro atoms. The van der Waals surface area contributed by atoms with Gasteiger partial charge in [0, 0.05) is 44.4 Å². The molecule has 2 amide bonds. The van der Waals surface area contributed by atoms with E-state index in [0.29, 0.717) is 50.1 Å². The van der Waals surface area contributed by atoms with Crippen LogP contribution in [0.3, 0.4) is 0 Å². The Balaban J connectivity index is 2.29. The molecule has 2 heterocycles. The highest BCUT2D eigenvalue weighted by atomic mass is 16.6. The fourth-order valence-corrected chi connectivity index (χ4v) is 3.52. The van der Waals surface area contributed by atoms with E-state index in [0.717, 1.165) is 11.3 Å². The monoisotopic (exact) mass is 392 g/mol. The summed E-state index contributed by atoms with van der Waals surface area (Å²) < 4.78 is 7.31. The third kappa shape index (κ3) is 5.49. The summed E-state index contributed by atoms with van der Waals surface area (Å²) in [6.07, 6.45) is 0.321. The first-order chi connectivity index (χ1) is 12.9. The summed E-state index contributed by atoms with van der Waals surface area (Å²) in [5.41, 5.74) is 1.79. The molecule has 1 aliphatic heterocycles. The Morgan fingerprint density at radius 1 is 1.14 bits per heavy atom. The van der Waals surface area contributed by atoms with Gasteiger partial charge >= 0.3 is 6.09 Å². The average Bonchev–Trinajstić information content (AvgIpc) is 2.87. The number of rotatable bonds is 5. The zero-order valence-electron chi connectivity index (χ0n) is 18.7. The number of carbonyl (C=O) groups is 2. The molecule has 1 aliphatic rings. The highest BCUT2D eigenvalue weighted by molar-refractivity contribution is 5.94. The van der Waals surface area contributed by atoms with Gasteiger partial charge in [0.25, 0.3) is 5.91 Å². The Morgan fingerprint density at radius 2 is 1.71 bits per heavy atom. The molecule has 2 rings (SSSR count). The van der Waals surface area contributed by atoms with Gasteiger partial charge in [-0.25, -0.2) is 4.79 Å². The first-order valence-corrected chi connectivity index (χ1v) is 10.2. The van der Waals surface area contributed by atoms with Crippen molar-refractivity contribution in [2.24, 2.45) is 18.9 Å². The minimum atomic E-state index is -0.545. The minimum Gasteiger partial charge on any atom is -0.444 e. The Labute approximate surface area is 169 Å². The predicted octanol–water partition coefficient (Wildman–Crippen LogP) is 3.47. The summed E-state index contributed by atoms with van der Waals surface area (Å²) >= 11 is 0. The lowest BCUT2D eigenvalue weighted by Gasteiger charge is -2.31. The molecule has 0 N–H and O–H groups in total. The Kier molecular flexibility index (Phi) is 6.78. The summed E-state index contributed by atoms with van der Waals surface area (Å²) in [4.78, 5) is 29.4. The van der Waals surface area contributed by atoms with Crippen molar-refractivity contribution in [3.8, 4) is 0 Å². The topological polar surface area (TPSA) is 67.7 Å². The van der Waals surface area contributed by atoms with Crippen molar-refractivity contribution in [1.82, 2.24) is 19.6 Å². The second-order valence-electron chi connectivity index (χ2n) is 9.55. The molecule has 1 aromatic rings. The molecule has 0 aromatic carbocycles. The summed E-state index contributed by atoms with van der Waals surface area (Å²) in [5.74, 6) is 0.700. The SMILES string of the molecule is CC(C)CN(CC(C)C)C(=O)c1nn(C)c2c1CN(C(=O)OC(C)(C)C)CC2. The van der Waals surface area contributed by atoms with Crippen LogP contribution in [0.1, 0.15) is 70.2 Å². The number of carbonyl (C=O) groups excluding carboxylic acids is 2. The van der Waals surface area contributed by atoms with Crippen LogP contribution in [-0.4, -0.2) is 56.8 Å². The van der Waals surface area contributed by atoms with Crippen LogP contribution >= 0.6 is 0 Å². The lowest BCUT2D eigenvalue weighted by Crippen LogP contribution is -2.41. The highest BCUT2D eigenvalue weighted by Gasteiger charge is 2.33. The fourth-order valence-electron chi connectivity index (χ4n) is 3.52. The van der Waals surface area contributed by atoms with E-state index in [1.54, 1.807) is 9.58 Å². The van der Waals surface area contributed by atoms with Crippen LogP contribution in [0.4, 0.5) is 4.79 Å². The van der Waals surface area contributed by atoms with E-state index in [4.69, 9.17) is 4.74 Å². The molecular weight excluding hydrogens is 356 g/mol. The quantitative estimate of drug-likeness (QED) is 0.769. The second kappa shape index (κ2) is 8.53. The molecule has 7 heteroatoms. The van der Waals surface area contributed by atoms with Crippen molar-refractivity contribution in [2.45, 2.75) is 67.0 Å². The van der Waals surface area contributed by atoms with Gasteiger partial charge in [0.15, 0.2) is 5.69 Å². The molecule has 0 saturated heterocycles. The minimum absolute atomic E-state index is 0.0507. The van der Waals surface area contributed by atoms with Gasteiger partial charge in [-0.15, -0.1) is 0 Å². The molecule has 28 heavy (non-hydrogen) atoms. The second-order valence-corrected chi connectivity index (χ2v) is 9.55. The summed E-state index contributed by atoms with van der Waals surface area (Å²) in [6, 6.07) is 0. The molecule has 0 aliphatic carbocycles. The van der Waals surface area contributed by atoms with Crippen molar-refractivity contribution in [1.29, 1.82) is 0 Å². The van der Waals surface area contributed by atoms with E-state index in [-0.39, 0.29) is 12.0 Å². The molecule has 0 radical (unpaired) electrons. The van der Waals surface area contributed by atoms with Crippen LogP contribution in [0, 0.1) is 11.8 Å². The van der Waals surface area contributed by atoms with Crippen LogP contribution in [0.15, 0.2) is 0 Å². The third-order valence-electron chi connectivity index (χ3n) is 4.55. The number of aromatic nitrogens is 2. The van der Waals surface area contributed by atoms with E-state index in [1.165, 1.54) is 0 Å². The first-order valence-electron chi connectivity index (χ1n) is 10.2. The fraction of sp³-hybridized carbons (Fsp3) is 0.762. The van der Waals surface area contributed by atoms with E-state index < -0.39 is 5.60 Å². The summed E-state index contributed by atoms with van der Waals surface area (Å²) in [6.45, 7) is 16.3. The Morgan fingerprint density at radius 3 is 2.21 bits per heavy atom. The number of hydrogen-bond donors (Lipinski definition) is 0. The number of amides is 2. The smallest absolute Gasteiger partial charge is 0.410 e. The zero-order valence-corrected chi connectivity index (χ0v) is 18.7. The standard InChI is InChI=1S/C21H36N4O3/c1-14(2)11-25(12-15(3)4)19(26)18-16-13-24(20(27)28-21(5,6)7)10-9-17(16)23(8)22-18/h14-15H,9-13H2,1-8H3. The van der Waals surface area contributed by atoms with E-state index in [9.17, 15) is 9.59 Å². The Bertz CT molecular complexity index is 706. The lowest BCUT2D eigenvalue weighted by molar-refractivity contribution is 0.0221. The van der Waals surface area contributed by atoms with Crippen molar-refractivity contribution >= 4 is 12.0 Å². The maximum absolute atomic E-state index is 13.3. The van der Waals surface area contributed by atoms with Crippen molar-refractivity contribution in [2.75, 3.05) is 19.6 Å². The lowest BCUT2D eigenvalue weighted by atomic mass is 10.0. The molecule has 158 valence electrons. The largest absolute Gasteiger partial charge is 0.444 e. The maximum Gasteiger partial charge on any atom is 0.410 e. The van der Waals surface area contributed by atoms with Gasteiger partial charge in [0.1, 0.15) is 5.60 Å². The van der Waals surface area contributed by atoms with Crippen LogP contribution in [0.5, 0.6) is 0 Å². The molecule has 0 saturated carbocycles. The molecule has 0 bridgehead atoms. The van der Waals surface area contributed by atoms with E-state index in [1.807, 2.05) is 32.7 Å². The van der Waals surface area contributed by atoms with Gasteiger partial charge in [0.05, 0.1) is 6.54 Å². The summed E-state index contributed by atoms with van der Waals surface area (Å²) in [5, 5.41) is 4.54. The third-order valence-corrected chi connectivity index (χ3v) is 4.55. The molecule has 0 unspecified atom stereocenters. The number of ether oxygens (including phenoxy) is 1. The Hall–Kier alpha value is -2.05. The van der Waals surface area contributed by atoms with Gasteiger partial charge in [-0.2, -0.15) is 5.10 Å². The van der Waals surface area contributed by atoms with Crippen LogP contribution in [-0.2, 0) is 24.8 Å². The number of aryl methyl sites for hydroxylation is 1. The molecular formula is C21H36N4O3. The first kappa shape index (κ1) is 22.2. The van der Waals surface area contributed by atoms with Crippen molar-refractivity contribution < 1.29 is 14.3 Å². The van der Waals surface area contributed by atoms with Crippen LogP contribution in [0.25, 0.3) is 0 Å². The van der Waals surface area contributed by atoms with Crippen LogP contribution < -0.4 is 0 Å². The van der Waals surface area contributed by atoms with Gasteiger partial charge in [-0.1, -0.05) is 27.7 Å². The number of hydrogen-bond acceptors (Lipinski definition) is 4. The average molecular weight is 393 g/mol. The summed E-state index contributed by atoms with van der Waals surface area (Å²) in [7, 11) is 1.87. The van der Waals surface area contributed by atoms with Gasteiger partial charge in [-0.3, -0.25) is 9.48 Å². The molecule has 1 aromatic heterocycles. The molecule has 7 nitrogen and oxygen atoms in total.